The molecule has 0 N–H and O–H groups in total. The predicted molar refractivity (Wildman–Crippen MR) is 193 cm³/mol. The van der Waals surface area contributed by atoms with E-state index in [4.69, 9.17) is 33.2 Å². The summed E-state index contributed by atoms with van der Waals surface area (Å²) >= 11 is 3.45. The van der Waals surface area contributed by atoms with Crippen molar-refractivity contribution in [1.29, 1.82) is 0 Å². The highest BCUT2D eigenvalue weighted by Gasteiger charge is 2.63. The molecule has 7 rings (SSSR count). The van der Waals surface area contributed by atoms with Crippen LogP contribution in [0.4, 0.5) is 0 Å². The highest BCUT2D eigenvalue weighted by molar-refractivity contribution is 9.11. The van der Waals surface area contributed by atoms with Crippen molar-refractivity contribution < 1.29 is 38.0 Å². The number of benzene rings is 2. The molecule has 50 heavy (non-hydrogen) atoms. The first-order chi connectivity index (χ1) is 24.0. The van der Waals surface area contributed by atoms with E-state index in [0.717, 1.165) is 29.3 Å². The van der Waals surface area contributed by atoms with Crippen LogP contribution >= 0.6 is 15.9 Å². The van der Waals surface area contributed by atoms with Crippen LogP contribution in [0.5, 0.6) is 0 Å². The Labute approximate surface area is 305 Å². The van der Waals surface area contributed by atoms with Crippen molar-refractivity contribution in [2.45, 2.75) is 157 Å². The van der Waals surface area contributed by atoms with Gasteiger partial charge in [0, 0.05) is 45.1 Å². The van der Waals surface area contributed by atoms with E-state index in [2.05, 4.69) is 60.6 Å². The zero-order chi connectivity index (χ0) is 34.9. The summed E-state index contributed by atoms with van der Waals surface area (Å²) in [7, 11) is 0. The summed E-state index contributed by atoms with van der Waals surface area (Å²) in [6.07, 6.45) is 4.90. The van der Waals surface area contributed by atoms with Crippen LogP contribution in [0.25, 0.3) is 0 Å². The van der Waals surface area contributed by atoms with Crippen molar-refractivity contribution in [3.05, 3.63) is 82.9 Å². The lowest BCUT2D eigenvalue weighted by molar-refractivity contribution is -0.371. The van der Waals surface area contributed by atoms with Gasteiger partial charge in [-0.3, -0.25) is 4.79 Å². The fourth-order valence-corrected chi connectivity index (χ4v) is 9.50. The van der Waals surface area contributed by atoms with Gasteiger partial charge in [-0.05, 0) is 55.6 Å². The molecule has 272 valence electrons. The van der Waals surface area contributed by atoms with Crippen LogP contribution < -0.4 is 0 Å². The van der Waals surface area contributed by atoms with E-state index in [9.17, 15) is 4.79 Å². The molecule has 5 saturated heterocycles. The van der Waals surface area contributed by atoms with Gasteiger partial charge in [0.2, 0.25) is 0 Å². The first kappa shape index (κ1) is 36.4. The Balaban J connectivity index is 1.04. The summed E-state index contributed by atoms with van der Waals surface area (Å²) in [5, 5.41) is 0. The van der Waals surface area contributed by atoms with Gasteiger partial charge in [0.15, 0.2) is 5.78 Å². The first-order valence-electron chi connectivity index (χ1n) is 18.5. The van der Waals surface area contributed by atoms with Crippen molar-refractivity contribution in [3.63, 3.8) is 0 Å². The fourth-order valence-electron chi connectivity index (χ4n) is 8.96. The maximum absolute atomic E-state index is 13.2. The lowest BCUT2D eigenvalue weighted by Crippen LogP contribution is -2.72. The van der Waals surface area contributed by atoms with Crippen molar-refractivity contribution >= 4 is 21.7 Å². The SMILES string of the molecule is C=C(Br)C[C@@]1(C)O[C@H]2C[C@H]3O[C@H]4C[C@H]5O[C@@H](CCCOCc6ccccc6)C[C@H](OCc6ccccc6)[C@]5(C)O[C@]4(C)C[C@@H]3O[C@@H]2CCC1=O. The molecule has 5 aliphatic rings. The zero-order valence-electron chi connectivity index (χ0n) is 29.7. The molecule has 2 aromatic rings. The van der Waals surface area contributed by atoms with Gasteiger partial charge >= 0.3 is 0 Å². The van der Waals surface area contributed by atoms with Crippen LogP contribution in [0, 0.1) is 0 Å². The van der Waals surface area contributed by atoms with Crippen molar-refractivity contribution in [3.8, 4) is 0 Å². The molecule has 0 aliphatic carbocycles. The van der Waals surface area contributed by atoms with Crippen LogP contribution in [0.3, 0.4) is 0 Å². The van der Waals surface area contributed by atoms with E-state index in [1.165, 1.54) is 5.56 Å². The number of hydrogen-bond donors (Lipinski definition) is 0. The van der Waals surface area contributed by atoms with Crippen molar-refractivity contribution in [1.82, 2.24) is 0 Å². The fraction of sp³-hybridized carbons (Fsp3) is 0.634. The first-order valence-corrected chi connectivity index (χ1v) is 19.3. The Hall–Kier alpha value is -1.95. The quantitative estimate of drug-likeness (QED) is 0.216. The van der Waals surface area contributed by atoms with Gasteiger partial charge in [-0.1, -0.05) is 83.2 Å². The van der Waals surface area contributed by atoms with Crippen molar-refractivity contribution in [2.75, 3.05) is 6.61 Å². The van der Waals surface area contributed by atoms with Gasteiger partial charge in [0.25, 0.3) is 0 Å². The summed E-state index contributed by atoms with van der Waals surface area (Å²) in [5.74, 6) is 0.0944. The third kappa shape index (κ3) is 7.86. The molecule has 5 aliphatic heterocycles. The molecule has 0 saturated carbocycles. The summed E-state index contributed by atoms with van der Waals surface area (Å²) in [6.45, 7) is 12.0. The van der Waals surface area contributed by atoms with Gasteiger partial charge in [-0.25, -0.2) is 0 Å². The summed E-state index contributed by atoms with van der Waals surface area (Å²) < 4.78 is 47.9. The number of Topliss-reactive ketones (excluding diaryl/α,β-unsaturated/α-hetero) is 1. The van der Waals surface area contributed by atoms with E-state index >= 15 is 0 Å². The lowest BCUT2D eigenvalue weighted by atomic mass is 9.72. The molecule has 0 bridgehead atoms. The number of carbonyl (C=O) groups is 1. The minimum atomic E-state index is -0.929. The molecule has 5 heterocycles. The van der Waals surface area contributed by atoms with Gasteiger partial charge in [-0.15, -0.1) is 0 Å². The Morgan fingerprint density at radius 3 is 2.30 bits per heavy atom. The van der Waals surface area contributed by atoms with E-state index in [1.54, 1.807) is 0 Å². The molecule has 2 aromatic carbocycles. The van der Waals surface area contributed by atoms with E-state index in [0.29, 0.717) is 58.3 Å². The maximum Gasteiger partial charge on any atom is 0.164 e. The molecule has 11 atom stereocenters. The number of halogens is 1. The third-order valence-corrected chi connectivity index (χ3v) is 12.0. The van der Waals surface area contributed by atoms with Gasteiger partial charge in [-0.2, -0.15) is 0 Å². The molecule has 5 fully saturated rings. The molecule has 0 radical (unpaired) electrons. The van der Waals surface area contributed by atoms with Crippen LogP contribution in [0.2, 0.25) is 0 Å². The third-order valence-electron chi connectivity index (χ3n) is 11.7. The molecule has 0 unspecified atom stereocenters. The van der Waals surface area contributed by atoms with E-state index in [-0.39, 0.29) is 54.6 Å². The Morgan fingerprint density at radius 2 is 1.58 bits per heavy atom. The molecule has 8 nitrogen and oxygen atoms in total. The van der Waals surface area contributed by atoms with Crippen LogP contribution in [0.1, 0.15) is 89.7 Å². The largest absolute Gasteiger partial charge is 0.377 e. The lowest BCUT2D eigenvalue weighted by Gasteiger charge is -2.61. The monoisotopic (exact) mass is 752 g/mol. The number of hydrogen-bond acceptors (Lipinski definition) is 8. The highest BCUT2D eigenvalue weighted by Crippen LogP contribution is 2.52. The second kappa shape index (κ2) is 15.2. The minimum absolute atomic E-state index is 0.0241. The highest BCUT2D eigenvalue weighted by atomic mass is 79.9. The molecule has 0 spiro atoms. The smallest absolute Gasteiger partial charge is 0.164 e. The van der Waals surface area contributed by atoms with Gasteiger partial charge < -0.3 is 33.2 Å². The summed E-state index contributed by atoms with van der Waals surface area (Å²) in [5.41, 5.74) is 0.145. The molecule has 0 aromatic heterocycles. The summed E-state index contributed by atoms with van der Waals surface area (Å²) in [4.78, 5) is 13.2. The molecular formula is C41H53BrO8. The van der Waals surface area contributed by atoms with Crippen molar-refractivity contribution in [2.24, 2.45) is 0 Å². The second-order valence-electron chi connectivity index (χ2n) is 15.6. The normalized spacial score (nSPS) is 39.7. The average molecular weight is 754 g/mol. The Bertz CT molecular complexity index is 1470. The zero-order valence-corrected chi connectivity index (χ0v) is 31.3. The number of carbonyl (C=O) groups excluding carboxylic acids is 1. The van der Waals surface area contributed by atoms with Gasteiger partial charge in [0.05, 0.1) is 67.6 Å². The molecule has 0 amide bonds. The average Bonchev–Trinajstić information content (AvgIpc) is 3.19. The van der Waals surface area contributed by atoms with Crippen LogP contribution in [-0.2, 0) is 51.2 Å². The number of fused-ring (bicyclic) bond motifs is 4. The number of ether oxygens (including phenoxy) is 7. The van der Waals surface area contributed by atoms with E-state index in [1.807, 2.05) is 43.3 Å². The predicted octanol–water partition coefficient (Wildman–Crippen LogP) is 7.78. The summed E-state index contributed by atoms with van der Waals surface area (Å²) in [6, 6.07) is 20.6. The number of ketones is 1. The van der Waals surface area contributed by atoms with Crippen LogP contribution in [-0.4, -0.2) is 78.0 Å². The molecular weight excluding hydrogens is 700 g/mol. The topological polar surface area (TPSA) is 81.7 Å². The Kier molecular flexibility index (Phi) is 11.1. The van der Waals surface area contributed by atoms with Crippen LogP contribution in [0.15, 0.2) is 71.7 Å². The number of rotatable bonds is 11. The van der Waals surface area contributed by atoms with Gasteiger partial charge in [0.1, 0.15) is 11.2 Å². The minimum Gasteiger partial charge on any atom is -0.377 e. The maximum atomic E-state index is 13.2. The standard InChI is InChI=1S/C41H53BrO8/c1-27(42)23-39(2)35(43)18-17-31-33(49-39)21-32-34(47-31)24-40(3)36(48-32)22-38-41(4,50-40)37(45-26-29-14-9-6-10-15-29)20-30(46-38)16-11-19-44-25-28-12-7-5-8-13-28/h5-10,12-15,30-34,36-38H,1,11,16-26H2,2-4H3/t30-,31+,32+,33-,34-,36-,37-,38+,39+,40+,41-/m0/s1. The molecule has 9 heteroatoms. The second-order valence-corrected chi connectivity index (χ2v) is 16.8. The Morgan fingerprint density at radius 1 is 0.860 bits per heavy atom. The van der Waals surface area contributed by atoms with E-state index < -0.39 is 16.8 Å².